The molecule has 0 unspecified atom stereocenters. The van der Waals surface area contributed by atoms with Gasteiger partial charge in [0, 0.05) is 5.56 Å². The van der Waals surface area contributed by atoms with Crippen molar-refractivity contribution in [1.29, 1.82) is 0 Å². The largest absolute Gasteiger partial charge is 0.444 e. The Balaban J connectivity index is 1.96. The number of carbonyl (C=O) groups is 1. The molecule has 20 heavy (non-hydrogen) atoms. The monoisotopic (exact) mass is 271 g/mol. The molecule has 3 nitrogen and oxygen atoms in total. The Morgan fingerprint density at radius 2 is 2.00 bits per heavy atom. The summed E-state index contributed by atoms with van der Waals surface area (Å²) in [5.74, 6) is -0.386. The SMILES string of the molecule is C=Cc1cc(F)ccc1NC(=O)OCc1ccccc1. The summed E-state index contributed by atoms with van der Waals surface area (Å²) >= 11 is 0. The molecule has 102 valence electrons. The van der Waals surface area contributed by atoms with Gasteiger partial charge in [-0.3, -0.25) is 5.32 Å². The standard InChI is InChI=1S/C16H14FNO2/c1-2-13-10-14(17)8-9-15(13)18-16(19)20-11-12-6-4-3-5-7-12/h2-10H,1,11H2,(H,18,19). The van der Waals surface area contributed by atoms with Gasteiger partial charge >= 0.3 is 6.09 Å². The lowest BCUT2D eigenvalue weighted by Gasteiger charge is -2.09. The maximum atomic E-state index is 13.0. The van der Waals surface area contributed by atoms with Gasteiger partial charge in [-0.25, -0.2) is 9.18 Å². The number of benzene rings is 2. The number of anilines is 1. The van der Waals surface area contributed by atoms with Crippen LogP contribution in [0.4, 0.5) is 14.9 Å². The maximum absolute atomic E-state index is 13.0. The normalized spacial score (nSPS) is 9.85. The van der Waals surface area contributed by atoms with E-state index in [1.165, 1.54) is 24.3 Å². The number of halogens is 1. The average Bonchev–Trinajstić information content (AvgIpc) is 2.48. The van der Waals surface area contributed by atoms with Crippen LogP contribution < -0.4 is 5.32 Å². The van der Waals surface area contributed by atoms with Gasteiger partial charge in [-0.15, -0.1) is 0 Å². The molecule has 1 N–H and O–H groups in total. The van der Waals surface area contributed by atoms with Gasteiger partial charge in [-0.05, 0) is 23.8 Å². The van der Waals surface area contributed by atoms with E-state index in [1.54, 1.807) is 0 Å². The molecule has 2 aromatic carbocycles. The van der Waals surface area contributed by atoms with E-state index in [1.807, 2.05) is 30.3 Å². The van der Waals surface area contributed by atoms with E-state index < -0.39 is 6.09 Å². The number of ether oxygens (including phenoxy) is 1. The predicted octanol–water partition coefficient (Wildman–Crippen LogP) is 4.22. The van der Waals surface area contributed by atoms with E-state index in [0.717, 1.165) is 5.56 Å². The van der Waals surface area contributed by atoms with Gasteiger partial charge in [0.15, 0.2) is 0 Å². The first kappa shape index (κ1) is 13.8. The third-order valence-electron chi connectivity index (χ3n) is 2.68. The molecule has 0 radical (unpaired) electrons. The third kappa shape index (κ3) is 3.68. The fraction of sp³-hybridized carbons (Fsp3) is 0.0625. The van der Waals surface area contributed by atoms with Gasteiger partial charge in [-0.1, -0.05) is 43.0 Å². The van der Waals surface area contributed by atoms with Crippen LogP contribution in [0.1, 0.15) is 11.1 Å². The lowest BCUT2D eigenvalue weighted by atomic mass is 10.2. The fourth-order valence-corrected chi connectivity index (χ4v) is 1.69. The molecule has 0 aliphatic heterocycles. The second-order valence-electron chi connectivity index (χ2n) is 4.12. The molecule has 0 bridgehead atoms. The van der Waals surface area contributed by atoms with Gasteiger partial charge in [0.1, 0.15) is 12.4 Å². The van der Waals surface area contributed by atoms with Gasteiger partial charge in [0.2, 0.25) is 0 Å². The highest BCUT2D eigenvalue weighted by Gasteiger charge is 2.07. The van der Waals surface area contributed by atoms with Crippen molar-refractivity contribution in [1.82, 2.24) is 0 Å². The Bertz CT molecular complexity index is 611. The highest BCUT2D eigenvalue weighted by atomic mass is 19.1. The zero-order chi connectivity index (χ0) is 14.4. The van der Waals surface area contributed by atoms with Crippen LogP contribution >= 0.6 is 0 Å². The first-order chi connectivity index (χ1) is 9.69. The molecule has 0 aromatic heterocycles. The first-order valence-electron chi connectivity index (χ1n) is 6.09. The van der Waals surface area contributed by atoms with Crippen molar-refractivity contribution in [3.63, 3.8) is 0 Å². The van der Waals surface area contributed by atoms with Gasteiger partial charge in [0.05, 0.1) is 5.69 Å². The van der Waals surface area contributed by atoms with E-state index in [2.05, 4.69) is 11.9 Å². The molecule has 0 spiro atoms. The van der Waals surface area contributed by atoms with E-state index in [9.17, 15) is 9.18 Å². The minimum Gasteiger partial charge on any atom is -0.444 e. The number of nitrogens with one attached hydrogen (secondary N) is 1. The molecule has 0 aliphatic carbocycles. The van der Waals surface area contributed by atoms with Crippen LogP contribution in [-0.4, -0.2) is 6.09 Å². The van der Waals surface area contributed by atoms with Crippen molar-refractivity contribution in [3.8, 4) is 0 Å². The van der Waals surface area contributed by atoms with Crippen molar-refractivity contribution in [2.45, 2.75) is 6.61 Å². The molecule has 2 rings (SSSR count). The van der Waals surface area contributed by atoms with E-state index in [-0.39, 0.29) is 12.4 Å². The van der Waals surface area contributed by atoms with Crippen LogP contribution in [0, 0.1) is 5.82 Å². The number of rotatable bonds is 4. The maximum Gasteiger partial charge on any atom is 0.411 e. The minimum atomic E-state index is -0.594. The van der Waals surface area contributed by atoms with Gasteiger partial charge in [-0.2, -0.15) is 0 Å². The molecule has 0 heterocycles. The predicted molar refractivity (Wildman–Crippen MR) is 76.7 cm³/mol. The molecule has 0 fully saturated rings. The Hall–Kier alpha value is -2.62. The summed E-state index contributed by atoms with van der Waals surface area (Å²) in [5.41, 5.74) is 1.85. The molecule has 0 aliphatic rings. The van der Waals surface area contributed by atoms with E-state index >= 15 is 0 Å². The zero-order valence-corrected chi connectivity index (χ0v) is 10.8. The third-order valence-corrected chi connectivity index (χ3v) is 2.68. The molecular formula is C16H14FNO2. The lowest BCUT2D eigenvalue weighted by molar-refractivity contribution is 0.155. The highest BCUT2D eigenvalue weighted by molar-refractivity contribution is 5.87. The summed E-state index contributed by atoms with van der Waals surface area (Å²) in [6.45, 7) is 3.75. The molecule has 2 aromatic rings. The van der Waals surface area contributed by atoms with Gasteiger partial charge in [0.25, 0.3) is 0 Å². The smallest absolute Gasteiger partial charge is 0.411 e. The summed E-state index contributed by atoms with van der Waals surface area (Å²) < 4.78 is 18.1. The Kier molecular flexibility index (Phi) is 4.50. The van der Waals surface area contributed by atoms with Crippen LogP contribution in [-0.2, 0) is 11.3 Å². The number of carbonyl (C=O) groups excluding carboxylic acids is 1. The fourth-order valence-electron chi connectivity index (χ4n) is 1.69. The second kappa shape index (κ2) is 6.52. The summed E-state index contributed by atoms with van der Waals surface area (Å²) in [4.78, 5) is 11.7. The van der Waals surface area contributed by atoms with E-state index in [0.29, 0.717) is 11.3 Å². The molecule has 1 amide bonds. The second-order valence-corrected chi connectivity index (χ2v) is 4.12. The van der Waals surface area contributed by atoms with E-state index in [4.69, 9.17) is 4.74 Å². The highest BCUT2D eigenvalue weighted by Crippen LogP contribution is 2.18. The number of hydrogen-bond acceptors (Lipinski definition) is 2. The van der Waals surface area contributed by atoms with Crippen molar-refractivity contribution < 1.29 is 13.9 Å². The van der Waals surface area contributed by atoms with Gasteiger partial charge < -0.3 is 4.74 Å². The van der Waals surface area contributed by atoms with Crippen LogP contribution in [0.2, 0.25) is 0 Å². The molecule has 4 heteroatoms. The minimum absolute atomic E-state index is 0.178. The van der Waals surface area contributed by atoms with Crippen LogP contribution in [0.15, 0.2) is 55.1 Å². The summed E-state index contributed by atoms with van der Waals surface area (Å²) in [6.07, 6.45) is 0.874. The Labute approximate surface area is 116 Å². The first-order valence-corrected chi connectivity index (χ1v) is 6.09. The molecule has 0 saturated heterocycles. The quantitative estimate of drug-likeness (QED) is 0.904. The summed E-state index contributed by atoms with van der Waals surface area (Å²) in [5, 5.41) is 2.56. The average molecular weight is 271 g/mol. The number of amides is 1. The molecule has 0 saturated carbocycles. The Morgan fingerprint density at radius 3 is 2.70 bits per heavy atom. The van der Waals surface area contributed by atoms with Crippen LogP contribution in [0.3, 0.4) is 0 Å². The van der Waals surface area contributed by atoms with Crippen LogP contribution in [0.25, 0.3) is 6.08 Å². The van der Waals surface area contributed by atoms with Crippen molar-refractivity contribution in [3.05, 3.63) is 72.1 Å². The van der Waals surface area contributed by atoms with Crippen LogP contribution in [0.5, 0.6) is 0 Å². The lowest BCUT2D eigenvalue weighted by Crippen LogP contribution is -2.14. The van der Waals surface area contributed by atoms with Crippen molar-refractivity contribution in [2.75, 3.05) is 5.32 Å². The summed E-state index contributed by atoms with van der Waals surface area (Å²) in [6, 6.07) is 13.4. The summed E-state index contributed by atoms with van der Waals surface area (Å²) in [7, 11) is 0. The topological polar surface area (TPSA) is 38.3 Å². The molecular weight excluding hydrogens is 257 g/mol. The van der Waals surface area contributed by atoms with Crippen molar-refractivity contribution in [2.24, 2.45) is 0 Å². The zero-order valence-electron chi connectivity index (χ0n) is 10.8. The Morgan fingerprint density at radius 1 is 1.25 bits per heavy atom. The molecule has 0 atom stereocenters. The van der Waals surface area contributed by atoms with Crippen molar-refractivity contribution >= 4 is 17.9 Å². The number of hydrogen-bond donors (Lipinski definition) is 1.